The van der Waals surface area contributed by atoms with E-state index in [0.717, 1.165) is 24.0 Å². The first kappa shape index (κ1) is 9.86. The fourth-order valence-electron chi connectivity index (χ4n) is 4.41. The summed E-state index contributed by atoms with van der Waals surface area (Å²) in [6.45, 7) is 0. The summed E-state index contributed by atoms with van der Waals surface area (Å²) in [4.78, 5) is 0. The minimum absolute atomic E-state index is 0.602. The molecule has 15 heavy (non-hydrogen) atoms. The molecule has 2 spiro atoms. The van der Waals surface area contributed by atoms with Crippen molar-refractivity contribution in [2.75, 3.05) is 0 Å². The highest BCUT2D eigenvalue weighted by Crippen LogP contribution is 2.57. The fourth-order valence-corrected chi connectivity index (χ4v) is 4.41. The van der Waals surface area contributed by atoms with E-state index >= 15 is 0 Å². The van der Waals surface area contributed by atoms with Crippen molar-refractivity contribution in [2.45, 2.75) is 70.6 Å². The molecule has 3 rings (SSSR count). The molecule has 0 amide bonds. The second-order valence-electron chi connectivity index (χ2n) is 6.49. The highest BCUT2D eigenvalue weighted by molar-refractivity contribution is 5.84. The molecule has 0 unspecified atom stereocenters. The Morgan fingerprint density at radius 3 is 1.87 bits per heavy atom. The van der Waals surface area contributed by atoms with E-state index in [9.17, 15) is 0 Å². The zero-order valence-electron chi connectivity index (χ0n) is 9.78. The van der Waals surface area contributed by atoms with Crippen molar-refractivity contribution < 1.29 is 0 Å². The van der Waals surface area contributed by atoms with Crippen LogP contribution in [-0.2, 0) is 0 Å². The molecule has 0 atom stereocenters. The SMILES string of the molecule is N=C1CCC2(CCC3(CCCC3)CC2)C1. The predicted molar refractivity (Wildman–Crippen MR) is 63.4 cm³/mol. The largest absolute Gasteiger partial charge is 0.310 e. The highest BCUT2D eigenvalue weighted by Gasteiger charge is 2.45. The summed E-state index contributed by atoms with van der Waals surface area (Å²) in [5.41, 5.74) is 2.42. The maximum Gasteiger partial charge on any atom is 0.00949 e. The number of rotatable bonds is 0. The van der Waals surface area contributed by atoms with Crippen molar-refractivity contribution >= 4 is 5.71 Å². The first-order chi connectivity index (χ1) is 7.22. The summed E-state index contributed by atoms with van der Waals surface area (Å²) in [6, 6.07) is 0. The van der Waals surface area contributed by atoms with Crippen molar-refractivity contribution in [2.24, 2.45) is 10.8 Å². The summed E-state index contributed by atoms with van der Waals surface area (Å²) in [7, 11) is 0. The zero-order chi connectivity index (χ0) is 10.4. The normalized spacial score (nSPS) is 32.9. The smallest absolute Gasteiger partial charge is 0.00949 e. The lowest BCUT2D eigenvalue weighted by Crippen LogP contribution is -2.31. The Morgan fingerprint density at radius 2 is 1.33 bits per heavy atom. The molecule has 0 saturated heterocycles. The molecule has 3 saturated carbocycles. The van der Waals surface area contributed by atoms with Crippen LogP contribution in [0.1, 0.15) is 70.6 Å². The van der Waals surface area contributed by atoms with Gasteiger partial charge in [-0.15, -0.1) is 0 Å². The Labute approximate surface area is 93.2 Å². The summed E-state index contributed by atoms with van der Waals surface area (Å²) < 4.78 is 0. The zero-order valence-corrected chi connectivity index (χ0v) is 9.78. The van der Waals surface area contributed by atoms with Crippen molar-refractivity contribution in [1.82, 2.24) is 0 Å². The van der Waals surface area contributed by atoms with Crippen LogP contribution < -0.4 is 0 Å². The molecule has 0 bridgehead atoms. The van der Waals surface area contributed by atoms with E-state index < -0.39 is 0 Å². The quantitative estimate of drug-likeness (QED) is 0.609. The maximum atomic E-state index is 7.81. The standard InChI is InChI=1S/C14H23N/c15-12-3-6-14(11-12)9-7-13(8-10-14)4-1-2-5-13/h15H,1-11H2. The van der Waals surface area contributed by atoms with Gasteiger partial charge < -0.3 is 5.41 Å². The van der Waals surface area contributed by atoms with Gasteiger partial charge in [0.05, 0.1) is 0 Å². The van der Waals surface area contributed by atoms with Crippen LogP contribution in [0.5, 0.6) is 0 Å². The molecule has 1 nitrogen and oxygen atoms in total. The second-order valence-corrected chi connectivity index (χ2v) is 6.49. The van der Waals surface area contributed by atoms with E-state index in [-0.39, 0.29) is 0 Å². The molecular weight excluding hydrogens is 182 g/mol. The van der Waals surface area contributed by atoms with E-state index in [1.54, 1.807) is 0 Å². The maximum absolute atomic E-state index is 7.81. The highest BCUT2D eigenvalue weighted by atomic mass is 14.5. The number of hydrogen-bond acceptors (Lipinski definition) is 1. The summed E-state index contributed by atoms with van der Waals surface area (Å²) in [5.74, 6) is 0. The van der Waals surface area contributed by atoms with Gasteiger partial charge in [-0.25, -0.2) is 0 Å². The molecule has 3 aliphatic rings. The lowest BCUT2D eigenvalue weighted by Gasteiger charge is -2.43. The molecule has 0 aromatic carbocycles. The predicted octanol–water partition coefficient (Wildman–Crippen LogP) is 4.31. The van der Waals surface area contributed by atoms with Crippen LogP contribution in [0.3, 0.4) is 0 Å². The number of hydrogen-bond donors (Lipinski definition) is 1. The van der Waals surface area contributed by atoms with Crippen LogP contribution in [0, 0.1) is 16.2 Å². The summed E-state index contributed by atoms with van der Waals surface area (Å²) >= 11 is 0. The topological polar surface area (TPSA) is 23.9 Å². The molecule has 0 aliphatic heterocycles. The second kappa shape index (κ2) is 3.33. The Kier molecular flexibility index (Phi) is 2.19. The lowest BCUT2D eigenvalue weighted by molar-refractivity contribution is 0.0884. The van der Waals surface area contributed by atoms with Gasteiger partial charge in [0.15, 0.2) is 0 Å². The average Bonchev–Trinajstić information content (AvgIpc) is 2.81. The van der Waals surface area contributed by atoms with Crippen molar-refractivity contribution in [3.8, 4) is 0 Å². The Balaban J connectivity index is 1.67. The minimum atomic E-state index is 0.602. The summed E-state index contributed by atoms with van der Waals surface area (Å²) in [5, 5.41) is 7.81. The number of nitrogens with one attached hydrogen (secondary N) is 1. The molecule has 3 aliphatic carbocycles. The molecule has 0 radical (unpaired) electrons. The molecule has 84 valence electrons. The average molecular weight is 205 g/mol. The van der Waals surface area contributed by atoms with Crippen LogP contribution in [0.15, 0.2) is 0 Å². The molecule has 1 N–H and O–H groups in total. The van der Waals surface area contributed by atoms with Gasteiger partial charge in [-0.3, -0.25) is 0 Å². The van der Waals surface area contributed by atoms with Crippen LogP contribution >= 0.6 is 0 Å². The van der Waals surface area contributed by atoms with Crippen LogP contribution in [0.25, 0.3) is 0 Å². The third-order valence-electron chi connectivity index (χ3n) is 5.58. The van der Waals surface area contributed by atoms with Gasteiger partial charge >= 0.3 is 0 Å². The third-order valence-corrected chi connectivity index (χ3v) is 5.58. The van der Waals surface area contributed by atoms with Gasteiger partial charge in [-0.2, -0.15) is 0 Å². The van der Waals surface area contributed by atoms with E-state index in [4.69, 9.17) is 5.41 Å². The van der Waals surface area contributed by atoms with E-state index in [2.05, 4.69) is 0 Å². The van der Waals surface area contributed by atoms with Crippen LogP contribution in [0.2, 0.25) is 0 Å². The molecule has 0 aromatic heterocycles. The Bertz CT molecular complexity index is 263. The van der Waals surface area contributed by atoms with Gasteiger partial charge in [0.2, 0.25) is 0 Å². The first-order valence-electron chi connectivity index (χ1n) is 6.79. The molecule has 0 aromatic rings. The van der Waals surface area contributed by atoms with Crippen molar-refractivity contribution in [1.29, 1.82) is 5.41 Å². The van der Waals surface area contributed by atoms with Crippen molar-refractivity contribution in [3.63, 3.8) is 0 Å². The Morgan fingerprint density at radius 1 is 0.733 bits per heavy atom. The molecular formula is C14H23N. The van der Waals surface area contributed by atoms with Gasteiger partial charge in [0.25, 0.3) is 0 Å². The van der Waals surface area contributed by atoms with Gasteiger partial charge in [0.1, 0.15) is 0 Å². The summed E-state index contributed by atoms with van der Waals surface area (Å²) in [6.07, 6.45) is 15.4. The minimum Gasteiger partial charge on any atom is -0.310 e. The Hall–Kier alpha value is -0.330. The molecule has 0 heterocycles. The van der Waals surface area contributed by atoms with Crippen LogP contribution in [0.4, 0.5) is 0 Å². The van der Waals surface area contributed by atoms with Crippen molar-refractivity contribution in [3.05, 3.63) is 0 Å². The lowest BCUT2D eigenvalue weighted by atomic mass is 9.62. The van der Waals surface area contributed by atoms with E-state index in [0.29, 0.717) is 5.41 Å². The fraction of sp³-hybridized carbons (Fsp3) is 0.929. The third kappa shape index (κ3) is 1.64. The molecule has 1 heteroatoms. The van der Waals surface area contributed by atoms with Gasteiger partial charge in [-0.1, -0.05) is 12.8 Å². The monoisotopic (exact) mass is 205 g/mol. The van der Waals surface area contributed by atoms with E-state index in [1.807, 2.05) is 0 Å². The van der Waals surface area contributed by atoms with Gasteiger partial charge in [-0.05, 0) is 68.6 Å². The molecule has 3 fully saturated rings. The van der Waals surface area contributed by atoms with Gasteiger partial charge in [0, 0.05) is 5.71 Å². The van der Waals surface area contributed by atoms with E-state index in [1.165, 1.54) is 57.8 Å². The van der Waals surface area contributed by atoms with Crippen LogP contribution in [-0.4, -0.2) is 5.71 Å². The first-order valence-corrected chi connectivity index (χ1v) is 6.79.